The molecule has 1 aliphatic rings. The molecule has 2 unspecified atom stereocenters. The first-order valence-corrected chi connectivity index (χ1v) is 4.67. The molecular weight excluding hydrogens is 164 g/mol. The third-order valence-corrected chi connectivity index (χ3v) is 2.75. The van der Waals surface area contributed by atoms with Crippen molar-refractivity contribution in [2.24, 2.45) is 0 Å². The van der Waals surface area contributed by atoms with Crippen molar-refractivity contribution in [3.8, 4) is 0 Å². The molecule has 1 fully saturated rings. The quantitative estimate of drug-likeness (QED) is 0.681. The molecule has 0 aromatic carbocycles. The van der Waals surface area contributed by atoms with Gasteiger partial charge >= 0.3 is 0 Å². The van der Waals surface area contributed by atoms with Crippen molar-refractivity contribution in [1.29, 1.82) is 0 Å². The highest BCUT2D eigenvalue weighted by atomic mass is 16.3. The van der Waals surface area contributed by atoms with E-state index < -0.39 is 0 Å². The zero-order valence-corrected chi connectivity index (χ0v) is 7.48. The molecule has 1 aromatic rings. The lowest BCUT2D eigenvalue weighted by Crippen LogP contribution is -2.13. The second-order valence-electron chi connectivity index (χ2n) is 3.58. The number of nitrogens with zero attached hydrogens (tertiary/aromatic N) is 1. The fourth-order valence-electron chi connectivity index (χ4n) is 2.05. The first kappa shape index (κ1) is 8.51. The van der Waals surface area contributed by atoms with Crippen LogP contribution in [0.4, 0.5) is 5.82 Å². The van der Waals surface area contributed by atoms with E-state index in [1.165, 1.54) is 0 Å². The third-order valence-electron chi connectivity index (χ3n) is 2.75. The summed E-state index contributed by atoms with van der Waals surface area (Å²) in [7, 11) is 0. The van der Waals surface area contributed by atoms with Crippen molar-refractivity contribution < 1.29 is 5.11 Å². The van der Waals surface area contributed by atoms with E-state index in [-0.39, 0.29) is 12.0 Å². The summed E-state index contributed by atoms with van der Waals surface area (Å²) in [4.78, 5) is 4.02. The third kappa shape index (κ3) is 1.52. The van der Waals surface area contributed by atoms with Crippen molar-refractivity contribution in [1.82, 2.24) is 4.98 Å². The molecule has 1 aliphatic carbocycles. The zero-order valence-electron chi connectivity index (χ0n) is 7.48. The minimum absolute atomic E-state index is 0.202. The monoisotopic (exact) mass is 178 g/mol. The predicted molar refractivity (Wildman–Crippen MR) is 51.2 cm³/mol. The summed E-state index contributed by atoms with van der Waals surface area (Å²) in [5, 5.41) is 9.68. The van der Waals surface area contributed by atoms with Crippen LogP contribution in [0.2, 0.25) is 0 Å². The molecule has 13 heavy (non-hydrogen) atoms. The summed E-state index contributed by atoms with van der Waals surface area (Å²) in [6, 6.07) is 3.83. The van der Waals surface area contributed by atoms with Gasteiger partial charge in [-0.2, -0.15) is 0 Å². The predicted octanol–water partition coefficient (Wildman–Crippen LogP) is 1.29. The molecule has 1 aromatic heterocycles. The molecule has 1 saturated carbocycles. The second kappa shape index (κ2) is 3.34. The molecule has 3 N–H and O–H groups in total. The van der Waals surface area contributed by atoms with E-state index in [1.54, 1.807) is 6.20 Å². The largest absolute Gasteiger partial charge is 0.392 e. The number of nitrogens with two attached hydrogens (primary N) is 1. The minimum Gasteiger partial charge on any atom is -0.392 e. The van der Waals surface area contributed by atoms with Crippen LogP contribution in [0.1, 0.15) is 30.7 Å². The number of pyridine rings is 1. The lowest BCUT2D eigenvalue weighted by molar-refractivity contribution is 0.164. The molecule has 2 rings (SSSR count). The normalized spacial score (nSPS) is 27.8. The van der Waals surface area contributed by atoms with Crippen LogP contribution in [0, 0.1) is 0 Å². The first-order valence-electron chi connectivity index (χ1n) is 4.67. The Morgan fingerprint density at radius 1 is 1.46 bits per heavy atom. The molecule has 0 radical (unpaired) electrons. The molecule has 3 heteroatoms. The standard InChI is InChI=1S/C10H14N2O/c11-10-8(4-2-6-12-10)7-3-1-5-9(7)13/h2,4,6-7,9,13H,1,3,5H2,(H2,11,12). The molecule has 0 bridgehead atoms. The lowest BCUT2D eigenvalue weighted by atomic mass is 9.96. The summed E-state index contributed by atoms with van der Waals surface area (Å²) in [6.45, 7) is 0. The minimum atomic E-state index is -0.230. The van der Waals surface area contributed by atoms with Crippen LogP contribution < -0.4 is 5.73 Å². The molecule has 0 amide bonds. The highest BCUT2D eigenvalue weighted by molar-refractivity contribution is 5.42. The lowest BCUT2D eigenvalue weighted by Gasteiger charge is -2.15. The van der Waals surface area contributed by atoms with E-state index in [0.717, 1.165) is 24.8 Å². The van der Waals surface area contributed by atoms with Crippen LogP contribution in [0.25, 0.3) is 0 Å². The summed E-state index contributed by atoms with van der Waals surface area (Å²) in [5.41, 5.74) is 6.75. The van der Waals surface area contributed by atoms with Crippen LogP contribution >= 0.6 is 0 Å². The van der Waals surface area contributed by atoms with Gasteiger partial charge in [0.2, 0.25) is 0 Å². The maximum Gasteiger partial charge on any atom is 0.126 e. The van der Waals surface area contributed by atoms with Crippen LogP contribution in [-0.2, 0) is 0 Å². The molecule has 0 spiro atoms. The zero-order chi connectivity index (χ0) is 9.26. The van der Waals surface area contributed by atoms with Gasteiger partial charge in [0.05, 0.1) is 6.10 Å². The molecule has 0 saturated heterocycles. The maximum atomic E-state index is 9.68. The van der Waals surface area contributed by atoms with Gasteiger partial charge in [-0.1, -0.05) is 12.5 Å². The Labute approximate surface area is 77.6 Å². The highest BCUT2D eigenvalue weighted by Crippen LogP contribution is 2.36. The van der Waals surface area contributed by atoms with Crippen LogP contribution in [-0.4, -0.2) is 16.2 Å². The van der Waals surface area contributed by atoms with E-state index in [0.29, 0.717) is 5.82 Å². The van der Waals surface area contributed by atoms with Gasteiger partial charge < -0.3 is 10.8 Å². The number of rotatable bonds is 1. The number of aromatic nitrogens is 1. The van der Waals surface area contributed by atoms with Gasteiger partial charge in [0, 0.05) is 12.1 Å². The van der Waals surface area contributed by atoms with Gasteiger partial charge in [0.25, 0.3) is 0 Å². The van der Waals surface area contributed by atoms with E-state index >= 15 is 0 Å². The number of hydrogen-bond donors (Lipinski definition) is 2. The van der Waals surface area contributed by atoms with Gasteiger partial charge in [-0.25, -0.2) is 4.98 Å². The summed E-state index contributed by atoms with van der Waals surface area (Å²) < 4.78 is 0. The molecule has 3 nitrogen and oxygen atoms in total. The van der Waals surface area contributed by atoms with Crippen LogP contribution in [0.15, 0.2) is 18.3 Å². The van der Waals surface area contributed by atoms with E-state index in [4.69, 9.17) is 5.73 Å². The van der Waals surface area contributed by atoms with E-state index in [2.05, 4.69) is 4.98 Å². The van der Waals surface area contributed by atoms with Gasteiger partial charge in [0.15, 0.2) is 0 Å². The van der Waals surface area contributed by atoms with E-state index in [1.807, 2.05) is 12.1 Å². The Balaban J connectivity index is 2.29. The van der Waals surface area contributed by atoms with Gasteiger partial charge in [-0.15, -0.1) is 0 Å². The van der Waals surface area contributed by atoms with Crippen molar-refractivity contribution in [3.63, 3.8) is 0 Å². The molecular formula is C10H14N2O. The summed E-state index contributed by atoms with van der Waals surface area (Å²) >= 11 is 0. The number of hydrogen-bond acceptors (Lipinski definition) is 3. The molecule has 70 valence electrons. The molecule has 1 heterocycles. The summed E-state index contributed by atoms with van der Waals surface area (Å²) in [6.07, 6.45) is 4.45. The average Bonchev–Trinajstić information content (AvgIpc) is 2.52. The van der Waals surface area contributed by atoms with Gasteiger partial charge in [-0.05, 0) is 24.5 Å². The number of aliphatic hydroxyl groups excluding tert-OH is 1. The Bertz CT molecular complexity index is 301. The van der Waals surface area contributed by atoms with Crippen molar-refractivity contribution >= 4 is 5.82 Å². The Morgan fingerprint density at radius 2 is 2.31 bits per heavy atom. The fourth-order valence-corrected chi connectivity index (χ4v) is 2.05. The van der Waals surface area contributed by atoms with Gasteiger partial charge in [0.1, 0.15) is 5.82 Å². The molecule has 2 atom stereocenters. The topological polar surface area (TPSA) is 59.1 Å². The Hall–Kier alpha value is -1.09. The average molecular weight is 178 g/mol. The van der Waals surface area contributed by atoms with Crippen molar-refractivity contribution in [3.05, 3.63) is 23.9 Å². The number of aliphatic hydroxyl groups is 1. The summed E-state index contributed by atoms with van der Waals surface area (Å²) in [5.74, 6) is 0.766. The Kier molecular flexibility index (Phi) is 2.19. The van der Waals surface area contributed by atoms with Crippen LogP contribution in [0.5, 0.6) is 0 Å². The second-order valence-corrected chi connectivity index (χ2v) is 3.58. The maximum absolute atomic E-state index is 9.68. The fraction of sp³-hybridized carbons (Fsp3) is 0.500. The first-order chi connectivity index (χ1) is 6.29. The number of nitrogen functional groups attached to an aromatic ring is 1. The molecule has 0 aliphatic heterocycles. The SMILES string of the molecule is Nc1ncccc1C1CCCC1O. The van der Waals surface area contributed by atoms with E-state index in [9.17, 15) is 5.11 Å². The highest BCUT2D eigenvalue weighted by Gasteiger charge is 2.28. The smallest absolute Gasteiger partial charge is 0.126 e. The van der Waals surface area contributed by atoms with Crippen molar-refractivity contribution in [2.75, 3.05) is 5.73 Å². The van der Waals surface area contributed by atoms with Crippen LogP contribution in [0.3, 0.4) is 0 Å². The number of anilines is 1. The van der Waals surface area contributed by atoms with Crippen molar-refractivity contribution in [2.45, 2.75) is 31.3 Å². The Morgan fingerprint density at radius 3 is 2.92 bits per heavy atom. The van der Waals surface area contributed by atoms with Gasteiger partial charge in [-0.3, -0.25) is 0 Å².